The van der Waals surface area contributed by atoms with Gasteiger partial charge in [-0.1, -0.05) is 42.5 Å². The first-order valence-electron chi connectivity index (χ1n) is 9.32. The van der Waals surface area contributed by atoms with E-state index < -0.39 is 0 Å². The highest BCUT2D eigenvalue weighted by molar-refractivity contribution is 6.00. The molecule has 29 heavy (non-hydrogen) atoms. The summed E-state index contributed by atoms with van der Waals surface area (Å²) in [5.74, 6) is -0.479. The molecule has 0 bridgehead atoms. The fourth-order valence-electron chi connectivity index (χ4n) is 3.14. The maximum Gasteiger partial charge on any atom is 0.251 e. The maximum absolute atomic E-state index is 13.0. The van der Waals surface area contributed by atoms with Crippen molar-refractivity contribution in [3.8, 4) is 0 Å². The zero-order valence-electron chi connectivity index (χ0n) is 15.7. The zero-order chi connectivity index (χ0) is 20.1. The summed E-state index contributed by atoms with van der Waals surface area (Å²) in [6.07, 6.45) is 3.68. The third-order valence-corrected chi connectivity index (χ3v) is 4.62. The van der Waals surface area contributed by atoms with Crippen LogP contribution in [0.2, 0.25) is 0 Å². The SMILES string of the molecule is O=C(NCC(=O)N(Cc1cnc2ccccn12)c1ccccc1)c1ccccc1. The van der Waals surface area contributed by atoms with Gasteiger partial charge in [-0.3, -0.25) is 9.59 Å². The number of aromatic nitrogens is 2. The number of nitrogens with one attached hydrogen (secondary N) is 1. The van der Waals surface area contributed by atoms with Crippen LogP contribution in [0.5, 0.6) is 0 Å². The van der Waals surface area contributed by atoms with Crippen molar-refractivity contribution in [1.82, 2.24) is 14.7 Å². The number of rotatable bonds is 6. The first kappa shape index (κ1) is 18.4. The Morgan fingerprint density at radius 1 is 0.897 bits per heavy atom. The number of carbonyl (C=O) groups excluding carboxylic acids is 2. The van der Waals surface area contributed by atoms with Crippen molar-refractivity contribution in [3.05, 3.63) is 103 Å². The van der Waals surface area contributed by atoms with E-state index in [0.29, 0.717) is 12.1 Å². The summed E-state index contributed by atoms with van der Waals surface area (Å²) < 4.78 is 1.95. The Bertz CT molecular complexity index is 1120. The lowest BCUT2D eigenvalue weighted by Gasteiger charge is -2.23. The van der Waals surface area contributed by atoms with Crippen molar-refractivity contribution in [2.45, 2.75) is 6.54 Å². The van der Waals surface area contributed by atoms with Gasteiger partial charge in [-0.2, -0.15) is 0 Å². The van der Waals surface area contributed by atoms with E-state index in [2.05, 4.69) is 10.3 Å². The average molecular weight is 384 g/mol. The molecular formula is C23H20N4O2. The van der Waals surface area contributed by atoms with E-state index >= 15 is 0 Å². The molecule has 0 aliphatic rings. The summed E-state index contributed by atoms with van der Waals surface area (Å²) in [5.41, 5.74) is 2.98. The normalized spacial score (nSPS) is 10.6. The van der Waals surface area contributed by atoms with Gasteiger partial charge in [0.15, 0.2) is 0 Å². The van der Waals surface area contributed by atoms with Gasteiger partial charge in [-0.25, -0.2) is 4.98 Å². The lowest BCUT2D eigenvalue weighted by molar-refractivity contribution is -0.117. The molecule has 6 nitrogen and oxygen atoms in total. The molecule has 2 aromatic carbocycles. The van der Waals surface area contributed by atoms with Crippen molar-refractivity contribution in [1.29, 1.82) is 0 Å². The fourth-order valence-corrected chi connectivity index (χ4v) is 3.14. The minimum Gasteiger partial charge on any atom is -0.343 e. The van der Waals surface area contributed by atoms with Crippen molar-refractivity contribution < 1.29 is 9.59 Å². The Morgan fingerprint density at radius 3 is 2.34 bits per heavy atom. The van der Waals surface area contributed by atoms with E-state index in [0.717, 1.165) is 17.0 Å². The molecule has 2 aromatic heterocycles. The van der Waals surface area contributed by atoms with E-state index in [1.165, 1.54) is 0 Å². The minimum atomic E-state index is -0.276. The molecule has 144 valence electrons. The van der Waals surface area contributed by atoms with Crippen LogP contribution in [0.25, 0.3) is 5.65 Å². The molecule has 0 saturated carbocycles. The summed E-state index contributed by atoms with van der Waals surface area (Å²) in [5, 5.41) is 2.71. The largest absolute Gasteiger partial charge is 0.343 e. The Labute approximate surface area is 168 Å². The van der Waals surface area contributed by atoms with Crippen LogP contribution in [0, 0.1) is 0 Å². The van der Waals surface area contributed by atoms with E-state index in [-0.39, 0.29) is 18.4 Å². The predicted octanol–water partition coefficient (Wildman–Crippen LogP) is 3.30. The first-order chi connectivity index (χ1) is 14.2. The second-order valence-electron chi connectivity index (χ2n) is 6.54. The van der Waals surface area contributed by atoms with Crippen molar-refractivity contribution >= 4 is 23.1 Å². The van der Waals surface area contributed by atoms with Gasteiger partial charge < -0.3 is 14.6 Å². The van der Waals surface area contributed by atoms with Crippen LogP contribution in [0.4, 0.5) is 5.69 Å². The molecule has 0 fully saturated rings. The molecule has 0 aliphatic heterocycles. The van der Waals surface area contributed by atoms with E-state index in [1.54, 1.807) is 35.4 Å². The topological polar surface area (TPSA) is 66.7 Å². The smallest absolute Gasteiger partial charge is 0.251 e. The summed E-state index contributed by atoms with van der Waals surface area (Å²) in [6.45, 7) is 0.245. The van der Waals surface area contributed by atoms with Gasteiger partial charge in [0.25, 0.3) is 5.91 Å². The van der Waals surface area contributed by atoms with Gasteiger partial charge >= 0.3 is 0 Å². The number of hydrogen-bond acceptors (Lipinski definition) is 3. The van der Waals surface area contributed by atoms with Gasteiger partial charge in [-0.05, 0) is 36.4 Å². The van der Waals surface area contributed by atoms with Crippen molar-refractivity contribution in [2.24, 2.45) is 0 Å². The summed E-state index contributed by atoms with van der Waals surface area (Å²) in [6, 6.07) is 24.0. The second kappa shape index (κ2) is 8.39. The summed E-state index contributed by atoms with van der Waals surface area (Å²) in [4.78, 5) is 31.4. The van der Waals surface area contributed by atoms with E-state index in [4.69, 9.17) is 0 Å². The standard InChI is InChI=1S/C23H20N4O2/c28-22(16-25-23(29)18-9-3-1-4-10-18)27(19-11-5-2-6-12-19)17-20-15-24-21-13-7-8-14-26(20)21/h1-15H,16-17H2,(H,25,29). The third-order valence-electron chi connectivity index (χ3n) is 4.62. The van der Waals surface area contributed by atoms with E-state index in [1.807, 2.05) is 65.2 Å². The van der Waals surface area contributed by atoms with Crippen LogP contribution in [0.3, 0.4) is 0 Å². The van der Waals surface area contributed by atoms with Crippen LogP contribution in [-0.4, -0.2) is 27.7 Å². The number of imidazole rings is 1. The highest BCUT2D eigenvalue weighted by atomic mass is 16.2. The molecule has 0 saturated heterocycles. The van der Waals surface area contributed by atoms with Crippen LogP contribution >= 0.6 is 0 Å². The monoisotopic (exact) mass is 384 g/mol. The molecule has 0 aliphatic carbocycles. The molecule has 0 atom stereocenters. The number of para-hydroxylation sites is 1. The van der Waals surface area contributed by atoms with E-state index in [9.17, 15) is 9.59 Å². The Hall–Kier alpha value is -3.93. The summed E-state index contributed by atoms with van der Waals surface area (Å²) >= 11 is 0. The number of anilines is 1. The number of nitrogens with zero attached hydrogens (tertiary/aromatic N) is 3. The molecular weight excluding hydrogens is 364 g/mol. The maximum atomic E-state index is 13.0. The molecule has 0 spiro atoms. The lowest BCUT2D eigenvalue weighted by atomic mass is 10.2. The average Bonchev–Trinajstić information content (AvgIpc) is 3.19. The predicted molar refractivity (Wildman–Crippen MR) is 112 cm³/mol. The van der Waals surface area contributed by atoms with Crippen LogP contribution < -0.4 is 10.2 Å². The molecule has 0 radical (unpaired) electrons. The molecule has 2 amide bonds. The lowest BCUT2D eigenvalue weighted by Crippen LogP contribution is -2.40. The second-order valence-corrected chi connectivity index (χ2v) is 6.54. The van der Waals surface area contributed by atoms with Crippen LogP contribution in [0.15, 0.2) is 91.3 Å². The van der Waals surface area contributed by atoms with Gasteiger partial charge in [0.05, 0.1) is 25.0 Å². The van der Waals surface area contributed by atoms with Gasteiger partial charge in [0.1, 0.15) is 5.65 Å². The van der Waals surface area contributed by atoms with Gasteiger partial charge in [0.2, 0.25) is 5.91 Å². The highest BCUT2D eigenvalue weighted by Crippen LogP contribution is 2.18. The number of hydrogen-bond donors (Lipinski definition) is 1. The molecule has 4 aromatic rings. The first-order valence-corrected chi connectivity index (χ1v) is 9.32. The molecule has 0 unspecified atom stereocenters. The molecule has 2 heterocycles. The molecule has 6 heteroatoms. The number of benzene rings is 2. The Kier molecular flexibility index (Phi) is 5.33. The number of amides is 2. The molecule has 1 N–H and O–H groups in total. The third kappa shape index (κ3) is 4.16. The number of fused-ring (bicyclic) bond motifs is 1. The van der Waals surface area contributed by atoms with Crippen LogP contribution in [-0.2, 0) is 11.3 Å². The number of carbonyl (C=O) groups is 2. The van der Waals surface area contributed by atoms with Crippen molar-refractivity contribution in [2.75, 3.05) is 11.4 Å². The minimum absolute atomic E-state index is 0.0979. The van der Waals surface area contributed by atoms with Crippen molar-refractivity contribution in [3.63, 3.8) is 0 Å². The quantitative estimate of drug-likeness (QED) is 0.555. The summed E-state index contributed by atoms with van der Waals surface area (Å²) in [7, 11) is 0. The Morgan fingerprint density at radius 2 is 1.59 bits per heavy atom. The molecule has 4 rings (SSSR count). The zero-order valence-corrected chi connectivity index (χ0v) is 15.7. The van der Waals surface area contributed by atoms with Gasteiger partial charge in [-0.15, -0.1) is 0 Å². The van der Waals surface area contributed by atoms with Crippen LogP contribution in [0.1, 0.15) is 16.1 Å². The fraction of sp³-hybridized carbons (Fsp3) is 0.0870. The Balaban J connectivity index is 1.54. The van der Waals surface area contributed by atoms with Gasteiger partial charge in [0, 0.05) is 17.4 Å². The highest BCUT2D eigenvalue weighted by Gasteiger charge is 2.19. The number of pyridine rings is 1.